The minimum Gasteiger partial charge on any atom is -0.358 e. The summed E-state index contributed by atoms with van der Waals surface area (Å²) in [5, 5.41) is 4.93. The number of benzene rings is 1. The second kappa shape index (κ2) is 6.05. The van der Waals surface area contributed by atoms with Gasteiger partial charge in [-0.2, -0.15) is 0 Å². The lowest BCUT2D eigenvalue weighted by Crippen LogP contribution is -2.46. The van der Waals surface area contributed by atoms with Gasteiger partial charge in [0.2, 0.25) is 0 Å². The Morgan fingerprint density at radius 2 is 2.05 bits per heavy atom. The molecular weight excluding hydrogens is 270 g/mol. The monoisotopic (exact) mass is 297 g/mol. The first kappa shape index (κ1) is 14.3. The highest BCUT2D eigenvalue weighted by Crippen LogP contribution is 2.41. The summed E-state index contributed by atoms with van der Waals surface area (Å²) in [6, 6.07) is 8.84. The quantitative estimate of drug-likeness (QED) is 0.831. The van der Waals surface area contributed by atoms with Crippen LogP contribution in [0.15, 0.2) is 24.3 Å². The Balaban J connectivity index is 1.70. The Morgan fingerprint density at radius 3 is 2.77 bits per heavy atom. The van der Waals surface area contributed by atoms with Gasteiger partial charge < -0.3 is 15.2 Å². The molecule has 1 atom stereocenters. The van der Waals surface area contributed by atoms with Gasteiger partial charge in [-0.05, 0) is 63.0 Å². The average Bonchev–Trinajstić information content (AvgIpc) is 2.95. The van der Waals surface area contributed by atoms with Crippen LogP contribution in [0.1, 0.15) is 36.9 Å². The van der Waals surface area contributed by atoms with Gasteiger partial charge in [-0.3, -0.25) is 0 Å². The molecule has 3 aliphatic rings. The van der Waals surface area contributed by atoms with Gasteiger partial charge in [0.15, 0.2) is 0 Å². The van der Waals surface area contributed by atoms with E-state index < -0.39 is 0 Å². The first-order valence-electron chi connectivity index (χ1n) is 8.89. The van der Waals surface area contributed by atoms with E-state index in [0.29, 0.717) is 5.92 Å². The summed E-state index contributed by atoms with van der Waals surface area (Å²) in [6.07, 6.45) is 3.90. The number of aromatic amines is 1. The van der Waals surface area contributed by atoms with Crippen molar-refractivity contribution in [3.05, 3.63) is 35.5 Å². The van der Waals surface area contributed by atoms with Gasteiger partial charge in [0.05, 0.1) is 0 Å². The Kier molecular flexibility index (Phi) is 3.93. The van der Waals surface area contributed by atoms with Crippen LogP contribution < -0.4 is 5.32 Å². The molecule has 1 unspecified atom stereocenters. The van der Waals surface area contributed by atoms with Crippen molar-refractivity contribution in [2.24, 2.45) is 5.92 Å². The summed E-state index contributed by atoms with van der Waals surface area (Å²) in [7, 11) is 0. The molecule has 0 saturated carbocycles. The van der Waals surface area contributed by atoms with Crippen molar-refractivity contribution >= 4 is 10.9 Å². The first-order chi connectivity index (χ1) is 10.9. The molecule has 1 aromatic carbocycles. The fourth-order valence-corrected chi connectivity index (χ4v) is 4.49. The maximum atomic E-state index is 3.79. The van der Waals surface area contributed by atoms with E-state index in [9.17, 15) is 0 Å². The Bertz CT molecular complexity index is 637. The second-order valence-electron chi connectivity index (χ2n) is 6.91. The van der Waals surface area contributed by atoms with E-state index in [0.717, 1.165) is 25.4 Å². The molecule has 3 fully saturated rings. The van der Waals surface area contributed by atoms with E-state index in [1.165, 1.54) is 49.1 Å². The molecule has 118 valence electrons. The topological polar surface area (TPSA) is 31.1 Å². The van der Waals surface area contributed by atoms with Crippen LogP contribution in [0.3, 0.4) is 0 Å². The van der Waals surface area contributed by atoms with Gasteiger partial charge in [-0.15, -0.1) is 0 Å². The van der Waals surface area contributed by atoms with Crippen molar-refractivity contribution in [1.82, 2.24) is 15.2 Å². The average molecular weight is 297 g/mol. The molecule has 2 aromatic rings. The highest BCUT2D eigenvalue weighted by atomic mass is 15.1. The number of fused-ring (bicyclic) bond motifs is 4. The van der Waals surface area contributed by atoms with Gasteiger partial charge in [0.25, 0.3) is 0 Å². The smallest absolute Gasteiger partial charge is 0.0459 e. The van der Waals surface area contributed by atoms with Gasteiger partial charge in [0.1, 0.15) is 0 Å². The maximum absolute atomic E-state index is 3.79. The molecule has 3 saturated heterocycles. The molecule has 0 amide bonds. The molecule has 0 radical (unpaired) electrons. The number of H-pyrrole nitrogens is 1. The summed E-state index contributed by atoms with van der Waals surface area (Å²) in [4.78, 5) is 6.45. The molecule has 0 aliphatic carbocycles. The number of likely N-dealkylation sites (N-methyl/N-ethyl adjacent to an activating group) is 1. The lowest BCUT2D eigenvalue weighted by atomic mass is 9.76. The van der Waals surface area contributed by atoms with E-state index >= 15 is 0 Å². The molecule has 2 bridgehead atoms. The number of nitrogens with one attached hydrogen (secondary N) is 2. The number of aromatic nitrogens is 1. The Labute approximate surface area is 133 Å². The van der Waals surface area contributed by atoms with Crippen molar-refractivity contribution in [2.45, 2.75) is 32.1 Å². The van der Waals surface area contributed by atoms with Crippen LogP contribution >= 0.6 is 0 Å². The van der Waals surface area contributed by atoms with Crippen LogP contribution in [0.2, 0.25) is 0 Å². The maximum Gasteiger partial charge on any atom is 0.0459 e. The van der Waals surface area contributed by atoms with Crippen molar-refractivity contribution < 1.29 is 0 Å². The lowest BCUT2D eigenvalue weighted by Gasteiger charge is -2.45. The zero-order chi connectivity index (χ0) is 14.9. The predicted octanol–water partition coefficient (Wildman–Crippen LogP) is 3.13. The van der Waals surface area contributed by atoms with Crippen LogP contribution in [-0.2, 0) is 6.42 Å². The number of hydrogen-bond acceptors (Lipinski definition) is 2. The van der Waals surface area contributed by atoms with Crippen molar-refractivity contribution in [1.29, 1.82) is 0 Å². The summed E-state index contributed by atoms with van der Waals surface area (Å²) in [5.41, 5.74) is 4.42. The summed E-state index contributed by atoms with van der Waals surface area (Å²) >= 11 is 0. The zero-order valence-corrected chi connectivity index (χ0v) is 13.6. The lowest BCUT2D eigenvalue weighted by molar-refractivity contribution is 0.0854. The van der Waals surface area contributed by atoms with Gasteiger partial charge in [0, 0.05) is 29.1 Å². The Morgan fingerprint density at radius 1 is 1.23 bits per heavy atom. The number of para-hydroxylation sites is 1. The van der Waals surface area contributed by atoms with Crippen LogP contribution in [0.5, 0.6) is 0 Å². The highest BCUT2D eigenvalue weighted by Gasteiger charge is 2.36. The van der Waals surface area contributed by atoms with E-state index in [4.69, 9.17) is 0 Å². The SMILES string of the molecule is CCNCCc1c(C2CN3CCC2CC3)[nH]c2ccccc12. The van der Waals surface area contributed by atoms with E-state index in [-0.39, 0.29) is 0 Å². The highest BCUT2D eigenvalue weighted by molar-refractivity contribution is 5.85. The van der Waals surface area contributed by atoms with E-state index in [1.54, 1.807) is 5.56 Å². The molecular formula is C19H27N3. The molecule has 4 heterocycles. The minimum absolute atomic E-state index is 0.714. The van der Waals surface area contributed by atoms with Crippen molar-refractivity contribution in [3.63, 3.8) is 0 Å². The fourth-order valence-electron chi connectivity index (χ4n) is 4.49. The summed E-state index contributed by atoms with van der Waals surface area (Å²) in [6.45, 7) is 8.20. The predicted molar refractivity (Wildman–Crippen MR) is 92.5 cm³/mol. The first-order valence-corrected chi connectivity index (χ1v) is 8.89. The van der Waals surface area contributed by atoms with Crippen molar-refractivity contribution in [3.8, 4) is 0 Å². The second-order valence-corrected chi connectivity index (χ2v) is 6.91. The molecule has 1 aromatic heterocycles. The van der Waals surface area contributed by atoms with E-state index in [2.05, 4.69) is 46.4 Å². The Hall–Kier alpha value is -1.32. The normalized spacial score (nSPS) is 27.6. The van der Waals surface area contributed by atoms with Gasteiger partial charge >= 0.3 is 0 Å². The summed E-state index contributed by atoms with van der Waals surface area (Å²) in [5.74, 6) is 1.60. The van der Waals surface area contributed by atoms with Crippen LogP contribution in [-0.4, -0.2) is 42.6 Å². The molecule has 3 heteroatoms. The zero-order valence-electron chi connectivity index (χ0n) is 13.6. The number of rotatable bonds is 5. The number of hydrogen-bond donors (Lipinski definition) is 2. The molecule has 3 aliphatic heterocycles. The third kappa shape index (κ3) is 2.46. The molecule has 5 rings (SSSR count). The number of piperidine rings is 3. The van der Waals surface area contributed by atoms with Crippen LogP contribution in [0.4, 0.5) is 0 Å². The third-order valence-corrected chi connectivity index (χ3v) is 5.68. The molecule has 2 N–H and O–H groups in total. The standard InChI is InChI=1S/C19H27N3/c1-2-20-10-7-16-15-5-3-4-6-18(15)21-19(16)17-13-22-11-8-14(17)9-12-22/h3-6,14,17,20-21H,2,7-13H2,1H3. The number of nitrogens with zero attached hydrogens (tertiary/aromatic N) is 1. The van der Waals surface area contributed by atoms with Gasteiger partial charge in [-0.25, -0.2) is 0 Å². The van der Waals surface area contributed by atoms with Crippen molar-refractivity contribution in [2.75, 3.05) is 32.7 Å². The third-order valence-electron chi connectivity index (χ3n) is 5.68. The van der Waals surface area contributed by atoms with Crippen LogP contribution in [0.25, 0.3) is 10.9 Å². The van der Waals surface area contributed by atoms with E-state index in [1.807, 2.05) is 0 Å². The fraction of sp³-hybridized carbons (Fsp3) is 0.579. The minimum atomic E-state index is 0.714. The molecule has 0 spiro atoms. The summed E-state index contributed by atoms with van der Waals surface area (Å²) < 4.78 is 0. The van der Waals surface area contributed by atoms with Gasteiger partial charge in [-0.1, -0.05) is 25.1 Å². The molecule has 22 heavy (non-hydrogen) atoms. The van der Waals surface area contributed by atoms with Crippen LogP contribution in [0, 0.1) is 5.92 Å². The molecule has 3 nitrogen and oxygen atoms in total. The largest absolute Gasteiger partial charge is 0.358 e.